The molecule has 166 valence electrons. The Balaban J connectivity index is 0.00000245. The van der Waals surface area contributed by atoms with E-state index in [1.54, 1.807) is 12.1 Å². The van der Waals surface area contributed by atoms with Gasteiger partial charge in [-0.05, 0) is 60.7 Å². The van der Waals surface area contributed by atoms with Crippen molar-refractivity contribution in [1.82, 2.24) is 9.55 Å². The van der Waals surface area contributed by atoms with Crippen molar-refractivity contribution >= 4 is 34.9 Å². The summed E-state index contributed by atoms with van der Waals surface area (Å²) >= 11 is 0. The minimum atomic E-state index is -0.202. The van der Waals surface area contributed by atoms with E-state index in [-0.39, 0.29) is 18.2 Å². The summed E-state index contributed by atoms with van der Waals surface area (Å²) in [6.07, 6.45) is 1.01. The number of pyridine rings is 1. The second-order valence-corrected chi connectivity index (χ2v) is 8.34. The van der Waals surface area contributed by atoms with Crippen molar-refractivity contribution in [3.05, 3.63) is 88.4 Å². The lowest BCUT2D eigenvalue weighted by atomic mass is 10.00. The fraction of sp³-hybridized carbons (Fsp3) is 0.269. The number of aryl methyl sites for hydroxylation is 1. The third kappa shape index (κ3) is 3.82. The molecule has 5 rings (SSSR count). The van der Waals surface area contributed by atoms with Crippen LogP contribution in [0.1, 0.15) is 27.9 Å². The summed E-state index contributed by atoms with van der Waals surface area (Å²) in [5, 5.41) is 4.43. The number of hydrogen-bond donors (Lipinski definition) is 1. The molecule has 6 heteroatoms. The molecule has 0 fully saturated rings. The Morgan fingerprint density at radius 2 is 1.81 bits per heavy atom. The lowest BCUT2D eigenvalue weighted by Gasteiger charge is -2.31. The Hall–Kier alpha value is -3.05. The predicted molar refractivity (Wildman–Crippen MR) is 133 cm³/mol. The molecule has 1 aliphatic heterocycles. The highest BCUT2D eigenvalue weighted by atomic mass is 35.5. The van der Waals surface area contributed by atoms with Crippen molar-refractivity contribution in [2.45, 2.75) is 33.4 Å². The molecule has 0 bridgehead atoms. The number of nitrogens with one attached hydrogen (secondary N) is 1. The third-order valence-electron chi connectivity index (χ3n) is 6.51. The molecule has 0 spiro atoms. The molecule has 1 N–H and O–H groups in total. The van der Waals surface area contributed by atoms with Gasteiger partial charge in [-0.3, -0.25) is 0 Å². The van der Waals surface area contributed by atoms with E-state index in [4.69, 9.17) is 4.98 Å². The molecule has 32 heavy (non-hydrogen) atoms. The van der Waals surface area contributed by atoms with Crippen molar-refractivity contribution in [2.75, 3.05) is 23.8 Å². The number of hydrogen-bond acceptors (Lipinski definition) is 3. The highest BCUT2D eigenvalue weighted by Gasteiger charge is 2.24. The highest BCUT2D eigenvalue weighted by Crippen LogP contribution is 2.36. The Morgan fingerprint density at radius 1 is 1.03 bits per heavy atom. The molecule has 0 saturated heterocycles. The number of aromatic nitrogens is 2. The highest BCUT2D eigenvalue weighted by molar-refractivity contribution is 5.95. The monoisotopic (exact) mass is 450 g/mol. The number of benzene rings is 2. The van der Waals surface area contributed by atoms with Crippen LogP contribution >= 0.6 is 12.4 Å². The average molecular weight is 451 g/mol. The smallest absolute Gasteiger partial charge is 0.155 e. The van der Waals surface area contributed by atoms with Crippen LogP contribution in [0.15, 0.2) is 54.6 Å². The molecule has 0 aliphatic carbocycles. The minimum Gasteiger partial charge on any atom is -0.373 e. The van der Waals surface area contributed by atoms with Gasteiger partial charge in [-0.25, -0.2) is 9.37 Å². The van der Waals surface area contributed by atoms with Crippen LogP contribution in [-0.4, -0.2) is 23.1 Å². The van der Waals surface area contributed by atoms with Crippen molar-refractivity contribution < 1.29 is 4.39 Å². The van der Waals surface area contributed by atoms with Crippen molar-refractivity contribution in [1.29, 1.82) is 0 Å². The molecule has 0 saturated carbocycles. The van der Waals surface area contributed by atoms with Gasteiger partial charge >= 0.3 is 0 Å². The van der Waals surface area contributed by atoms with E-state index in [0.29, 0.717) is 6.54 Å². The maximum atomic E-state index is 13.9. The topological polar surface area (TPSA) is 33.1 Å². The van der Waals surface area contributed by atoms with Crippen LogP contribution in [0.3, 0.4) is 0 Å². The summed E-state index contributed by atoms with van der Waals surface area (Å²) < 4.78 is 16.2. The van der Waals surface area contributed by atoms with E-state index < -0.39 is 0 Å². The Kier molecular flexibility index (Phi) is 6.11. The average Bonchev–Trinajstić information content (AvgIpc) is 3.03. The SMILES string of the molecule is CNc1cc2c(C)c(C)n(Cc3cccc(F)c3)c2c(N2CCc3ccccc3C2)n1.Cl. The van der Waals surface area contributed by atoms with Gasteiger partial charge in [-0.15, -0.1) is 12.4 Å². The first kappa shape index (κ1) is 22.2. The third-order valence-corrected chi connectivity index (χ3v) is 6.51. The number of anilines is 2. The van der Waals surface area contributed by atoms with E-state index >= 15 is 0 Å². The molecule has 2 aromatic heterocycles. The van der Waals surface area contributed by atoms with Gasteiger partial charge in [0.05, 0.1) is 5.52 Å². The molecular weight excluding hydrogens is 423 g/mol. The number of nitrogens with zero attached hydrogens (tertiary/aromatic N) is 3. The molecule has 2 aromatic carbocycles. The van der Waals surface area contributed by atoms with Crippen LogP contribution in [-0.2, 0) is 19.5 Å². The summed E-state index contributed by atoms with van der Waals surface area (Å²) in [5.74, 6) is 1.66. The predicted octanol–water partition coefficient (Wildman–Crippen LogP) is 5.87. The number of fused-ring (bicyclic) bond motifs is 2. The van der Waals surface area contributed by atoms with Gasteiger partial charge in [-0.1, -0.05) is 36.4 Å². The van der Waals surface area contributed by atoms with Crippen LogP contribution < -0.4 is 10.2 Å². The van der Waals surface area contributed by atoms with Crippen LogP contribution in [0.25, 0.3) is 10.9 Å². The first-order valence-corrected chi connectivity index (χ1v) is 10.8. The first-order chi connectivity index (χ1) is 15.0. The van der Waals surface area contributed by atoms with Gasteiger partial charge in [0.25, 0.3) is 0 Å². The molecule has 0 unspecified atom stereocenters. The second kappa shape index (κ2) is 8.83. The van der Waals surface area contributed by atoms with E-state index in [0.717, 1.165) is 42.2 Å². The van der Waals surface area contributed by atoms with Gasteiger partial charge in [0.15, 0.2) is 5.82 Å². The number of halogens is 2. The Morgan fingerprint density at radius 3 is 2.56 bits per heavy atom. The first-order valence-electron chi connectivity index (χ1n) is 10.8. The summed E-state index contributed by atoms with van der Waals surface area (Å²) in [6, 6.07) is 17.7. The summed E-state index contributed by atoms with van der Waals surface area (Å²) in [5.41, 5.74) is 7.28. The molecule has 0 amide bonds. The van der Waals surface area contributed by atoms with Gasteiger partial charge < -0.3 is 14.8 Å². The van der Waals surface area contributed by atoms with Crippen LogP contribution in [0.4, 0.5) is 16.0 Å². The molecule has 3 heterocycles. The van der Waals surface area contributed by atoms with Gasteiger partial charge in [0.1, 0.15) is 11.6 Å². The second-order valence-electron chi connectivity index (χ2n) is 8.34. The van der Waals surface area contributed by atoms with Crippen LogP contribution in [0, 0.1) is 19.7 Å². The van der Waals surface area contributed by atoms with Gasteiger partial charge in [0, 0.05) is 37.8 Å². The van der Waals surface area contributed by atoms with E-state index in [1.165, 1.54) is 33.8 Å². The lowest BCUT2D eigenvalue weighted by molar-refractivity contribution is 0.623. The normalized spacial score (nSPS) is 13.1. The van der Waals surface area contributed by atoms with E-state index in [1.807, 2.05) is 13.1 Å². The molecule has 1 aliphatic rings. The van der Waals surface area contributed by atoms with E-state index in [9.17, 15) is 4.39 Å². The zero-order valence-corrected chi connectivity index (χ0v) is 19.5. The largest absolute Gasteiger partial charge is 0.373 e. The Bertz CT molecular complexity index is 1280. The summed E-state index contributed by atoms with van der Waals surface area (Å²) in [6.45, 7) is 6.69. The zero-order valence-electron chi connectivity index (χ0n) is 18.7. The lowest BCUT2D eigenvalue weighted by Crippen LogP contribution is -2.31. The van der Waals surface area contributed by atoms with Gasteiger partial charge in [-0.2, -0.15) is 0 Å². The molecular formula is C26H28ClFN4. The van der Waals surface area contributed by atoms with Crippen LogP contribution in [0.5, 0.6) is 0 Å². The molecule has 4 aromatic rings. The van der Waals surface area contributed by atoms with Gasteiger partial charge in [0.2, 0.25) is 0 Å². The standard InChI is InChI=1S/C26H27FN4.ClH/c1-17-18(2)31(15-19-7-6-10-22(27)13-19)25-23(17)14-24(28-3)29-26(25)30-12-11-20-8-4-5-9-21(20)16-30;/h4-10,13-14H,11-12,15-16H2,1-3H3,(H,28,29);1H. The minimum absolute atomic E-state index is 0. The molecule has 4 nitrogen and oxygen atoms in total. The number of rotatable bonds is 4. The zero-order chi connectivity index (χ0) is 21.5. The Labute approximate surface area is 194 Å². The van der Waals surface area contributed by atoms with E-state index in [2.05, 4.69) is 59.0 Å². The fourth-order valence-corrected chi connectivity index (χ4v) is 4.68. The maximum Gasteiger partial charge on any atom is 0.155 e. The van der Waals surface area contributed by atoms with Crippen molar-refractivity contribution in [2.24, 2.45) is 0 Å². The fourth-order valence-electron chi connectivity index (χ4n) is 4.68. The van der Waals surface area contributed by atoms with Crippen LogP contribution in [0.2, 0.25) is 0 Å². The van der Waals surface area contributed by atoms with Crippen molar-refractivity contribution in [3.8, 4) is 0 Å². The summed E-state index contributed by atoms with van der Waals surface area (Å²) in [4.78, 5) is 7.39. The quantitative estimate of drug-likeness (QED) is 0.422. The maximum absolute atomic E-state index is 13.9. The molecule has 0 atom stereocenters. The summed E-state index contributed by atoms with van der Waals surface area (Å²) in [7, 11) is 1.91. The molecule has 0 radical (unpaired) electrons. The van der Waals surface area contributed by atoms with Crippen molar-refractivity contribution in [3.63, 3.8) is 0 Å².